The SMILES string of the molecule is COC(C(N)=O)C(C)(C)CI. The summed E-state index contributed by atoms with van der Waals surface area (Å²) in [5.74, 6) is -0.394. The summed E-state index contributed by atoms with van der Waals surface area (Å²) >= 11 is 2.21. The van der Waals surface area contributed by atoms with Crippen molar-refractivity contribution in [3.63, 3.8) is 0 Å². The Labute approximate surface area is 80.8 Å². The molecule has 66 valence electrons. The molecular weight excluding hydrogens is 257 g/mol. The van der Waals surface area contributed by atoms with Gasteiger partial charge in [0, 0.05) is 17.0 Å². The lowest BCUT2D eigenvalue weighted by molar-refractivity contribution is -0.133. The third-order valence-corrected chi connectivity index (χ3v) is 3.51. The molecule has 3 nitrogen and oxygen atoms in total. The van der Waals surface area contributed by atoms with Gasteiger partial charge in [-0.2, -0.15) is 0 Å². The molecule has 11 heavy (non-hydrogen) atoms. The summed E-state index contributed by atoms with van der Waals surface area (Å²) in [6.07, 6.45) is -0.487. The van der Waals surface area contributed by atoms with Gasteiger partial charge in [-0.25, -0.2) is 0 Å². The molecule has 0 radical (unpaired) electrons. The molecule has 0 aromatic rings. The molecule has 2 N–H and O–H groups in total. The van der Waals surface area contributed by atoms with Crippen molar-refractivity contribution >= 4 is 28.5 Å². The Bertz CT molecular complexity index is 147. The van der Waals surface area contributed by atoms with Gasteiger partial charge in [0.1, 0.15) is 6.10 Å². The van der Waals surface area contributed by atoms with Crippen molar-refractivity contribution in [2.24, 2.45) is 11.1 Å². The normalized spacial score (nSPS) is 14.5. The van der Waals surface area contributed by atoms with Crippen molar-refractivity contribution in [1.29, 1.82) is 0 Å². The second-order valence-corrected chi connectivity index (χ2v) is 3.90. The number of nitrogens with two attached hydrogens (primary N) is 1. The standard InChI is InChI=1S/C7H14INO2/c1-7(2,4-8)5(11-3)6(9)10/h5H,4H2,1-3H3,(H2,9,10). The zero-order valence-corrected chi connectivity index (χ0v) is 9.21. The summed E-state index contributed by atoms with van der Waals surface area (Å²) in [5.41, 5.74) is 4.96. The number of hydrogen-bond donors (Lipinski definition) is 1. The third kappa shape index (κ3) is 2.94. The number of carbonyl (C=O) groups is 1. The Morgan fingerprint density at radius 3 is 2.27 bits per heavy atom. The molecule has 0 aliphatic rings. The highest BCUT2D eigenvalue weighted by Crippen LogP contribution is 2.25. The van der Waals surface area contributed by atoms with E-state index in [9.17, 15) is 4.79 Å². The van der Waals surface area contributed by atoms with E-state index in [4.69, 9.17) is 10.5 Å². The van der Waals surface area contributed by atoms with E-state index in [2.05, 4.69) is 22.6 Å². The molecule has 0 spiro atoms. The first-order chi connectivity index (χ1) is 4.95. The first-order valence-corrected chi connectivity index (χ1v) is 4.86. The Hall–Kier alpha value is 0.160. The zero-order chi connectivity index (χ0) is 9.07. The van der Waals surface area contributed by atoms with Crippen molar-refractivity contribution < 1.29 is 9.53 Å². The highest BCUT2D eigenvalue weighted by molar-refractivity contribution is 14.1. The topological polar surface area (TPSA) is 52.3 Å². The highest BCUT2D eigenvalue weighted by atomic mass is 127. The van der Waals surface area contributed by atoms with Crippen LogP contribution >= 0.6 is 22.6 Å². The minimum Gasteiger partial charge on any atom is -0.371 e. The van der Waals surface area contributed by atoms with Crippen molar-refractivity contribution in [2.45, 2.75) is 20.0 Å². The molecule has 0 aromatic carbocycles. The lowest BCUT2D eigenvalue weighted by Crippen LogP contribution is -2.43. The number of carbonyl (C=O) groups excluding carboxylic acids is 1. The van der Waals surface area contributed by atoms with Gasteiger partial charge in [-0.3, -0.25) is 4.79 Å². The molecule has 0 bridgehead atoms. The second-order valence-electron chi connectivity index (χ2n) is 3.14. The molecule has 0 rings (SSSR count). The van der Waals surface area contributed by atoms with Crippen molar-refractivity contribution in [3.8, 4) is 0 Å². The summed E-state index contributed by atoms with van der Waals surface area (Å²) in [6, 6.07) is 0. The predicted molar refractivity (Wildman–Crippen MR) is 52.7 cm³/mol. The van der Waals surface area contributed by atoms with Crippen LogP contribution < -0.4 is 5.73 Å². The molecule has 1 unspecified atom stereocenters. The third-order valence-electron chi connectivity index (χ3n) is 1.55. The quantitative estimate of drug-likeness (QED) is 0.611. The van der Waals surface area contributed by atoms with Gasteiger partial charge in [0.05, 0.1) is 0 Å². The first-order valence-electron chi connectivity index (χ1n) is 3.33. The number of methoxy groups -OCH3 is 1. The predicted octanol–water partition coefficient (Wildman–Crippen LogP) is 0.948. The van der Waals surface area contributed by atoms with Crippen LogP contribution in [-0.2, 0) is 9.53 Å². The number of alkyl halides is 1. The van der Waals surface area contributed by atoms with Crippen LogP contribution in [0, 0.1) is 5.41 Å². The molecule has 0 saturated carbocycles. The van der Waals surface area contributed by atoms with Crippen LogP contribution in [0.5, 0.6) is 0 Å². The Balaban J connectivity index is 4.36. The summed E-state index contributed by atoms with van der Waals surface area (Å²) in [4.78, 5) is 10.8. The van der Waals surface area contributed by atoms with Gasteiger partial charge >= 0.3 is 0 Å². The van der Waals surface area contributed by atoms with Crippen LogP contribution in [0.1, 0.15) is 13.8 Å². The van der Waals surface area contributed by atoms with Crippen LogP contribution in [0.25, 0.3) is 0 Å². The minimum absolute atomic E-state index is 0.179. The van der Waals surface area contributed by atoms with Crippen LogP contribution in [0.2, 0.25) is 0 Å². The fourth-order valence-corrected chi connectivity index (χ4v) is 1.29. The van der Waals surface area contributed by atoms with Gasteiger partial charge in [-0.1, -0.05) is 36.4 Å². The smallest absolute Gasteiger partial charge is 0.247 e. The molecule has 0 aliphatic heterocycles. The molecular formula is C7H14INO2. The summed E-state index contributed by atoms with van der Waals surface area (Å²) in [6.45, 7) is 3.91. The number of primary amides is 1. The molecule has 0 heterocycles. The molecule has 1 amide bonds. The average molecular weight is 271 g/mol. The summed E-state index contributed by atoms with van der Waals surface area (Å²) in [5, 5.41) is 0. The number of halogens is 1. The van der Waals surface area contributed by atoms with Crippen molar-refractivity contribution in [3.05, 3.63) is 0 Å². The maximum atomic E-state index is 10.8. The molecule has 0 fully saturated rings. The number of rotatable bonds is 4. The Morgan fingerprint density at radius 1 is 1.73 bits per heavy atom. The first kappa shape index (κ1) is 11.2. The Morgan fingerprint density at radius 2 is 2.18 bits per heavy atom. The molecule has 0 aromatic heterocycles. The van der Waals surface area contributed by atoms with E-state index < -0.39 is 12.0 Å². The number of ether oxygens (including phenoxy) is 1. The van der Waals surface area contributed by atoms with Gasteiger partial charge in [-0.05, 0) is 0 Å². The van der Waals surface area contributed by atoms with Gasteiger partial charge in [0.25, 0.3) is 0 Å². The minimum atomic E-state index is -0.487. The van der Waals surface area contributed by atoms with Crippen LogP contribution in [0.15, 0.2) is 0 Å². The van der Waals surface area contributed by atoms with E-state index in [1.54, 1.807) is 0 Å². The monoisotopic (exact) mass is 271 g/mol. The number of amides is 1. The fraction of sp³-hybridized carbons (Fsp3) is 0.857. The fourth-order valence-electron chi connectivity index (χ4n) is 0.890. The van der Waals surface area contributed by atoms with E-state index >= 15 is 0 Å². The molecule has 0 saturated heterocycles. The average Bonchev–Trinajstić information content (AvgIpc) is 1.88. The van der Waals surface area contributed by atoms with E-state index in [0.29, 0.717) is 0 Å². The zero-order valence-electron chi connectivity index (χ0n) is 7.06. The van der Waals surface area contributed by atoms with Gasteiger partial charge in [0.15, 0.2) is 0 Å². The lowest BCUT2D eigenvalue weighted by atomic mass is 9.88. The van der Waals surface area contributed by atoms with Gasteiger partial charge in [0.2, 0.25) is 5.91 Å². The lowest BCUT2D eigenvalue weighted by Gasteiger charge is -2.28. The van der Waals surface area contributed by atoms with Crippen molar-refractivity contribution in [1.82, 2.24) is 0 Å². The number of hydrogen-bond acceptors (Lipinski definition) is 2. The molecule has 4 heteroatoms. The van der Waals surface area contributed by atoms with E-state index in [1.807, 2.05) is 13.8 Å². The van der Waals surface area contributed by atoms with Gasteiger partial charge < -0.3 is 10.5 Å². The van der Waals surface area contributed by atoms with E-state index in [1.165, 1.54) is 7.11 Å². The maximum Gasteiger partial charge on any atom is 0.247 e. The molecule has 0 aliphatic carbocycles. The summed E-state index contributed by atoms with van der Waals surface area (Å²) in [7, 11) is 1.50. The van der Waals surface area contributed by atoms with Crippen molar-refractivity contribution in [2.75, 3.05) is 11.5 Å². The van der Waals surface area contributed by atoms with Crippen LogP contribution in [0.4, 0.5) is 0 Å². The highest BCUT2D eigenvalue weighted by Gasteiger charge is 2.32. The second kappa shape index (κ2) is 4.25. The Kier molecular flexibility index (Phi) is 4.31. The van der Waals surface area contributed by atoms with Crippen LogP contribution in [0.3, 0.4) is 0 Å². The van der Waals surface area contributed by atoms with Crippen LogP contribution in [-0.4, -0.2) is 23.5 Å². The molecule has 1 atom stereocenters. The largest absolute Gasteiger partial charge is 0.371 e. The van der Waals surface area contributed by atoms with Gasteiger partial charge in [-0.15, -0.1) is 0 Å². The maximum absolute atomic E-state index is 10.8. The summed E-state index contributed by atoms with van der Waals surface area (Å²) < 4.78 is 5.83. The van der Waals surface area contributed by atoms with E-state index in [0.717, 1.165) is 4.43 Å². The van der Waals surface area contributed by atoms with E-state index in [-0.39, 0.29) is 5.41 Å².